The number of aryl methyl sites for hydroxylation is 1. The smallest absolute Gasteiger partial charge is 0.302 e. The van der Waals surface area contributed by atoms with E-state index in [1.165, 1.54) is 28.9 Å². The van der Waals surface area contributed by atoms with E-state index in [1.54, 1.807) is 31.3 Å². The Hall–Kier alpha value is -4.23. The molecule has 0 fully saturated rings. The Kier molecular flexibility index (Phi) is 8.80. The van der Waals surface area contributed by atoms with E-state index >= 15 is 0 Å². The summed E-state index contributed by atoms with van der Waals surface area (Å²) in [6, 6.07) is 19.9. The van der Waals surface area contributed by atoms with Gasteiger partial charge >= 0.3 is 5.24 Å². The third-order valence-corrected chi connectivity index (χ3v) is 9.16. The Labute approximate surface area is 261 Å². The molecule has 5 rings (SSSR count). The number of sulfonamides is 1. The molecule has 44 heavy (non-hydrogen) atoms. The summed E-state index contributed by atoms with van der Waals surface area (Å²) in [6.07, 6.45) is 3.49. The lowest BCUT2D eigenvalue weighted by Crippen LogP contribution is -2.40. The van der Waals surface area contributed by atoms with E-state index in [9.17, 15) is 23.3 Å². The highest BCUT2D eigenvalue weighted by Crippen LogP contribution is 2.37. The molecule has 0 aliphatic carbocycles. The van der Waals surface area contributed by atoms with Gasteiger partial charge < -0.3 is 4.90 Å². The van der Waals surface area contributed by atoms with Gasteiger partial charge in [-0.3, -0.25) is 24.6 Å². The summed E-state index contributed by atoms with van der Waals surface area (Å²) in [5.74, 6) is 0.722. The average molecular weight is 635 g/mol. The van der Waals surface area contributed by atoms with Gasteiger partial charge in [0.15, 0.2) is 0 Å². The molecule has 1 amide bonds. The molecule has 2 heterocycles. The molecular weight excluding hydrogens is 601 g/mol. The number of benzene rings is 3. The van der Waals surface area contributed by atoms with Gasteiger partial charge in [-0.25, -0.2) is 13.4 Å². The van der Waals surface area contributed by atoms with Crippen LogP contribution in [0.15, 0.2) is 76.8 Å². The Balaban J connectivity index is 1.46. The molecule has 0 saturated carbocycles. The molecule has 2 aliphatic heterocycles. The number of rotatable bonds is 8. The van der Waals surface area contributed by atoms with Crippen LogP contribution in [-0.4, -0.2) is 66.3 Å². The van der Waals surface area contributed by atoms with E-state index in [0.717, 1.165) is 65.1 Å². The molecular formula is C31H34N6O5S2. The average Bonchev–Trinajstić information content (AvgIpc) is 2.97. The Morgan fingerprint density at radius 1 is 1.11 bits per heavy atom. The second-order valence-electron chi connectivity index (χ2n) is 11.3. The summed E-state index contributed by atoms with van der Waals surface area (Å²) in [4.78, 5) is 30.4. The molecule has 0 spiro atoms. The molecule has 0 bridgehead atoms. The minimum atomic E-state index is -3.36. The zero-order valence-corrected chi connectivity index (χ0v) is 26.6. The lowest BCUT2D eigenvalue weighted by Gasteiger charge is -2.35. The maximum absolute atomic E-state index is 12.3. The molecule has 11 nitrogen and oxygen atoms in total. The van der Waals surface area contributed by atoms with Crippen molar-refractivity contribution in [1.29, 1.82) is 0 Å². The number of nitrogens with one attached hydrogen (secondary N) is 1. The van der Waals surface area contributed by atoms with Crippen molar-refractivity contribution in [2.75, 3.05) is 36.0 Å². The van der Waals surface area contributed by atoms with Gasteiger partial charge in [-0.15, -0.1) is 0 Å². The van der Waals surface area contributed by atoms with Gasteiger partial charge in [0.25, 0.3) is 5.69 Å². The minimum absolute atomic E-state index is 0.0109. The maximum atomic E-state index is 12.3. The highest BCUT2D eigenvalue weighted by atomic mass is 32.2. The molecule has 0 radical (unpaired) electrons. The number of non-ortho nitro benzene ring substituents is 1. The predicted molar refractivity (Wildman–Crippen MR) is 177 cm³/mol. The first-order chi connectivity index (χ1) is 20.8. The van der Waals surface area contributed by atoms with Crippen LogP contribution in [0, 0.1) is 10.1 Å². The third kappa shape index (κ3) is 7.11. The molecule has 13 heteroatoms. The van der Waals surface area contributed by atoms with E-state index in [0.29, 0.717) is 18.7 Å². The van der Waals surface area contributed by atoms with Gasteiger partial charge in [-0.2, -0.15) is 5.10 Å². The number of anilines is 2. The van der Waals surface area contributed by atoms with E-state index < -0.39 is 19.7 Å². The number of carbonyl (C=O) groups is 1. The number of thioether (sulfide) groups is 1. The molecule has 3 aromatic rings. The second kappa shape index (κ2) is 12.4. The monoisotopic (exact) mass is 634 g/mol. The van der Waals surface area contributed by atoms with Crippen LogP contribution in [-0.2, 0) is 22.9 Å². The van der Waals surface area contributed by atoms with Crippen molar-refractivity contribution in [1.82, 2.24) is 5.01 Å². The fourth-order valence-electron chi connectivity index (χ4n) is 5.32. The summed E-state index contributed by atoms with van der Waals surface area (Å²) in [6.45, 7) is 5.19. The van der Waals surface area contributed by atoms with Crippen LogP contribution in [0.5, 0.6) is 0 Å². The third-order valence-electron chi connectivity index (χ3n) is 7.41. The Morgan fingerprint density at radius 2 is 1.82 bits per heavy atom. The van der Waals surface area contributed by atoms with Crippen molar-refractivity contribution in [2.24, 2.45) is 10.1 Å². The van der Waals surface area contributed by atoms with E-state index in [2.05, 4.69) is 26.9 Å². The zero-order chi connectivity index (χ0) is 31.6. The number of fused-ring (bicyclic) bond motifs is 1. The summed E-state index contributed by atoms with van der Waals surface area (Å²) in [7, 11) is -1.69. The molecule has 230 valence electrons. The van der Waals surface area contributed by atoms with Crippen LogP contribution in [0.3, 0.4) is 0 Å². The van der Waals surface area contributed by atoms with Crippen LogP contribution in [0.4, 0.5) is 21.9 Å². The zero-order valence-electron chi connectivity index (χ0n) is 25.0. The number of hydrazone groups is 1. The first kappa shape index (κ1) is 31.2. The predicted octanol–water partition coefficient (Wildman–Crippen LogP) is 5.69. The van der Waals surface area contributed by atoms with Crippen molar-refractivity contribution in [3.05, 3.63) is 99.1 Å². The standard InChI is InChI=1S/C31H34N6O5S2/c1-31(2)28(33-35(3)30(38)43-31)24-11-16-27-23(20-24)6-5-19-36(27)29(22-9-14-26(15-10-22)37(39)40)32-18-17-21-7-12-25(13-8-21)34-44(4,41)42/h7-16,20,34H,5-6,17-19H2,1-4H3/b32-29-. The number of aliphatic imine (C=N–C) groups is 1. The van der Waals surface area contributed by atoms with Crippen LogP contribution in [0.25, 0.3) is 0 Å². The lowest BCUT2D eigenvalue weighted by molar-refractivity contribution is -0.384. The van der Waals surface area contributed by atoms with Gasteiger partial charge in [-0.05, 0) is 86.2 Å². The molecule has 3 aromatic carbocycles. The van der Waals surface area contributed by atoms with Crippen molar-refractivity contribution >= 4 is 55.6 Å². The van der Waals surface area contributed by atoms with Gasteiger partial charge in [0.05, 0.1) is 21.6 Å². The number of nitro benzene ring substituents is 1. The molecule has 1 N–H and O–H groups in total. The molecule has 0 aromatic heterocycles. The summed E-state index contributed by atoms with van der Waals surface area (Å²) in [5, 5.41) is 17.2. The van der Waals surface area contributed by atoms with Crippen LogP contribution < -0.4 is 9.62 Å². The van der Waals surface area contributed by atoms with E-state index in [-0.39, 0.29) is 10.9 Å². The number of carbonyl (C=O) groups excluding carboxylic acids is 1. The largest absolute Gasteiger partial charge is 0.326 e. The number of hydrogen-bond acceptors (Lipinski definition) is 8. The highest BCUT2D eigenvalue weighted by Gasteiger charge is 2.37. The topological polar surface area (TPSA) is 138 Å². The SMILES string of the molecule is CN1N=C(c2ccc3c(c2)CCCN3/C(=N\CCc2ccc(NS(C)(=O)=O)cc2)c2ccc([N+](=O)[O-])cc2)C(C)(C)SC1=O. The number of amidine groups is 1. The Bertz CT molecular complexity index is 1750. The van der Waals surface area contributed by atoms with Crippen LogP contribution in [0.2, 0.25) is 0 Å². The fourth-order valence-corrected chi connectivity index (χ4v) is 6.75. The molecule has 0 atom stereocenters. The van der Waals surface area contributed by atoms with Crippen molar-refractivity contribution in [3.8, 4) is 0 Å². The lowest BCUT2D eigenvalue weighted by atomic mass is 9.93. The summed E-state index contributed by atoms with van der Waals surface area (Å²) in [5.41, 5.74) is 6.23. The summed E-state index contributed by atoms with van der Waals surface area (Å²) >= 11 is 1.26. The molecule has 2 aliphatic rings. The van der Waals surface area contributed by atoms with Gasteiger partial charge in [-0.1, -0.05) is 30.0 Å². The number of hydrogen-bond donors (Lipinski definition) is 1. The van der Waals surface area contributed by atoms with Gasteiger partial charge in [0.1, 0.15) is 5.84 Å². The molecule has 0 unspecified atom stereocenters. The molecule has 0 saturated heterocycles. The second-order valence-corrected chi connectivity index (χ2v) is 14.6. The van der Waals surface area contributed by atoms with Crippen molar-refractivity contribution < 1.29 is 18.1 Å². The van der Waals surface area contributed by atoms with Crippen molar-refractivity contribution in [3.63, 3.8) is 0 Å². The summed E-state index contributed by atoms with van der Waals surface area (Å²) < 4.78 is 25.0. The van der Waals surface area contributed by atoms with E-state index in [4.69, 9.17) is 4.99 Å². The van der Waals surface area contributed by atoms with Crippen molar-refractivity contribution in [2.45, 2.75) is 37.9 Å². The highest BCUT2D eigenvalue weighted by molar-refractivity contribution is 8.15. The quantitative estimate of drug-likeness (QED) is 0.145. The minimum Gasteiger partial charge on any atom is -0.326 e. The fraction of sp³-hybridized carbons (Fsp3) is 0.323. The van der Waals surface area contributed by atoms with Crippen LogP contribution in [0.1, 0.15) is 42.5 Å². The number of nitro groups is 1. The Morgan fingerprint density at radius 3 is 2.48 bits per heavy atom. The van der Waals surface area contributed by atoms with E-state index in [1.807, 2.05) is 32.0 Å². The number of nitrogens with zero attached hydrogens (tertiary/aromatic N) is 5. The maximum Gasteiger partial charge on any atom is 0.302 e. The first-order valence-electron chi connectivity index (χ1n) is 14.1. The van der Waals surface area contributed by atoms with Crippen LogP contribution >= 0.6 is 11.8 Å². The van der Waals surface area contributed by atoms with Gasteiger partial charge in [0.2, 0.25) is 10.0 Å². The number of amides is 1. The first-order valence-corrected chi connectivity index (χ1v) is 16.8. The van der Waals surface area contributed by atoms with Gasteiger partial charge in [0, 0.05) is 49.2 Å². The normalized spacial score (nSPS) is 16.8.